The van der Waals surface area contributed by atoms with E-state index in [0.717, 1.165) is 0 Å². The predicted octanol–water partition coefficient (Wildman–Crippen LogP) is 1.93. The van der Waals surface area contributed by atoms with Crippen molar-refractivity contribution in [3.05, 3.63) is 29.0 Å². The molecule has 1 heterocycles. The van der Waals surface area contributed by atoms with Gasteiger partial charge in [0.2, 0.25) is 0 Å². The zero-order valence-corrected chi connectivity index (χ0v) is 12.6. The van der Waals surface area contributed by atoms with Gasteiger partial charge in [0, 0.05) is 19.2 Å². The van der Waals surface area contributed by atoms with Crippen molar-refractivity contribution in [1.29, 1.82) is 0 Å². The molecule has 8 heteroatoms. The van der Waals surface area contributed by atoms with Crippen LogP contribution in [0.5, 0.6) is 11.5 Å². The van der Waals surface area contributed by atoms with Crippen LogP contribution in [0.15, 0.2) is 18.3 Å². The van der Waals surface area contributed by atoms with Crippen molar-refractivity contribution in [1.82, 2.24) is 9.78 Å². The van der Waals surface area contributed by atoms with E-state index >= 15 is 0 Å². The third-order valence-corrected chi connectivity index (χ3v) is 3.20. The maximum Gasteiger partial charge on any atom is 0.276 e. The lowest BCUT2D eigenvalue weighted by Gasteiger charge is -2.13. The fraction of sp³-hybridized carbons (Fsp3) is 0.231. The third kappa shape index (κ3) is 2.87. The average Bonchev–Trinajstić information content (AvgIpc) is 2.79. The topological polar surface area (TPSA) is 91.4 Å². The minimum absolute atomic E-state index is 0.256. The Morgan fingerprint density at radius 2 is 2.00 bits per heavy atom. The second-order valence-electron chi connectivity index (χ2n) is 4.21. The van der Waals surface area contributed by atoms with E-state index in [1.54, 1.807) is 19.2 Å². The number of rotatable bonds is 4. The summed E-state index contributed by atoms with van der Waals surface area (Å²) in [6.07, 6.45) is 1.41. The molecule has 21 heavy (non-hydrogen) atoms. The third-order valence-electron chi connectivity index (χ3n) is 2.90. The highest BCUT2D eigenvalue weighted by atomic mass is 35.5. The first kappa shape index (κ1) is 15.0. The number of nitrogens with zero attached hydrogens (tertiary/aromatic N) is 2. The minimum atomic E-state index is -0.407. The van der Waals surface area contributed by atoms with Gasteiger partial charge in [0.25, 0.3) is 5.91 Å². The fourth-order valence-electron chi connectivity index (χ4n) is 1.87. The van der Waals surface area contributed by atoms with E-state index in [1.165, 1.54) is 25.1 Å². The number of anilines is 2. The number of benzene rings is 1. The number of nitrogens with two attached hydrogens (primary N) is 1. The van der Waals surface area contributed by atoms with Gasteiger partial charge in [-0.15, -0.1) is 0 Å². The van der Waals surface area contributed by atoms with E-state index in [2.05, 4.69) is 10.4 Å². The maximum absolute atomic E-state index is 12.3. The molecule has 0 fully saturated rings. The Kier molecular flexibility index (Phi) is 4.23. The van der Waals surface area contributed by atoms with E-state index in [9.17, 15) is 4.79 Å². The molecule has 112 valence electrons. The molecule has 3 N–H and O–H groups in total. The van der Waals surface area contributed by atoms with Gasteiger partial charge in [0.05, 0.1) is 36.8 Å². The normalized spacial score (nSPS) is 10.3. The summed E-state index contributed by atoms with van der Waals surface area (Å²) in [5.74, 6) is 0.427. The van der Waals surface area contributed by atoms with E-state index in [-0.39, 0.29) is 11.4 Å². The molecule has 0 bridgehead atoms. The van der Waals surface area contributed by atoms with Crippen molar-refractivity contribution in [2.24, 2.45) is 7.05 Å². The summed E-state index contributed by atoms with van der Waals surface area (Å²) in [5.41, 5.74) is 6.69. The molecule has 0 saturated carbocycles. The molecule has 0 saturated heterocycles. The summed E-state index contributed by atoms with van der Waals surface area (Å²) >= 11 is 6.02. The van der Waals surface area contributed by atoms with E-state index in [4.69, 9.17) is 26.8 Å². The Balaban J connectivity index is 2.37. The Labute approximate surface area is 126 Å². The second kappa shape index (κ2) is 5.92. The number of halogens is 1. The van der Waals surface area contributed by atoms with Crippen LogP contribution in [-0.2, 0) is 7.05 Å². The molecule has 0 aliphatic carbocycles. The van der Waals surface area contributed by atoms with Crippen molar-refractivity contribution in [2.45, 2.75) is 0 Å². The standard InChI is InChI=1S/C13H15ClN4O3/c1-18-12(8(15)6-16-18)13(19)17-9-5-10(20-2)7(14)4-11(9)21-3/h4-6H,15H2,1-3H3,(H,17,19). The SMILES string of the molecule is COc1cc(NC(=O)c2c(N)cnn2C)c(OC)cc1Cl. The summed E-state index contributed by atoms with van der Waals surface area (Å²) in [6, 6.07) is 3.13. The summed E-state index contributed by atoms with van der Waals surface area (Å²) in [7, 11) is 4.59. The van der Waals surface area contributed by atoms with E-state index < -0.39 is 5.91 Å². The number of carbonyl (C=O) groups is 1. The molecule has 1 amide bonds. The monoisotopic (exact) mass is 310 g/mol. The number of nitrogens with one attached hydrogen (secondary N) is 1. The molecule has 0 atom stereocenters. The van der Waals surface area contributed by atoms with Crippen LogP contribution in [0, 0.1) is 0 Å². The molecular formula is C13H15ClN4O3. The Morgan fingerprint density at radius 1 is 1.33 bits per heavy atom. The van der Waals surface area contributed by atoms with E-state index in [0.29, 0.717) is 22.2 Å². The molecule has 0 radical (unpaired) electrons. The van der Waals surface area contributed by atoms with Gasteiger partial charge in [-0.25, -0.2) is 0 Å². The number of ether oxygens (including phenoxy) is 2. The van der Waals surface area contributed by atoms with E-state index in [1.807, 2.05) is 0 Å². The minimum Gasteiger partial charge on any atom is -0.495 e. The quantitative estimate of drug-likeness (QED) is 0.900. The van der Waals surface area contributed by atoms with Crippen LogP contribution in [0.1, 0.15) is 10.5 Å². The first-order valence-corrected chi connectivity index (χ1v) is 6.36. The summed E-state index contributed by atoms with van der Waals surface area (Å²) < 4.78 is 11.7. The Hall–Kier alpha value is -2.41. The summed E-state index contributed by atoms with van der Waals surface area (Å²) in [4.78, 5) is 12.3. The average molecular weight is 311 g/mol. The number of hydrogen-bond acceptors (Lipinski definition) is 5. The largest absolute Gasteiger partial charge is 0.495 e. The van der Waals surface area contributed by atoms with Gasteiger partial charge >= 0.3 is 0 Å². The highest BCUT2D eigenvalue weighted by Crippen LogP contribution is 2.36. The molecule has 0 aliphatic heterocycles. The number of amides is 1. The first-order valence-electron chi connectivity index (χ1n) is 5.98. The molecule has 1 aromatic carbocycles. The number of aryl methyl sites for hydroxylation is 1. The Morgan fingerprint density at radius 3 is 2.52 bits per heavy atom. The van der Waals surface area contributed by atoms with Gasteiger partial charge in [-0.3, -0.25) is 9.48 Å². The van der Waals surface area contributed by atoms with Gasteiger partial charge < -0.3 is 20.5 Å². The Bertz CT molecular complexity index is 665. The highest BCUT2D eigenvalue weighted by molar-refractivity contribution is 6.32. The molecule has 7 nitrogen and oxygen atoms in total. The number of carbonyl (C=O) groups excluding carboxylic acids is 1. The van der Waals surface area contributed by atoms with Crippen LogP contribution in [0.3, 0.4) is 0 Å². The van der Waals surface area contributed by atoms with Crippen molar-refractivity contribution in [3.8, 4) is 11.5 Å². The van der Waals surface area contributed by atoms with Crippen LogP contribution >= 0.6 is 11.6 Å². The summed E-state index contributed by atoms with van der Waals surface area (Å²) in [6.45, 7) is 0. The van der Waals surface area contributed by atoms with Gasteiger partial charge in [-0.05, 0) is 0 Å². The zero-order valence-electron chi connectivity index (χ0n) is 11.8. The van der Waals surface area contributed by atoms with Crippen LogP contribution in [0.25, 0.3) is 0 Å². The van der Waals surface area contributed by atoms with Gasteiger partial charge in [-0.1, -0.05) is 11.6 Å². The molecule has 1 aromatic heterocycles. The molecule has 0 spiro atoms. The van der Waals surface area contributed by atoms with Gasteiger partial charge in [0.15, 0.2) is 0 Å². The lowest BCUT2D eigenvalue weighted by molar-refractivity contribution is 0.101. The highest BCUT2D eigenvalue weighted by Gasteiger charge is 2.18. The number of hydrogen-bond donors (Lipinski definition) is 2. The number of methoxy groups -OCH3 is 2. The van der Waals surface area contributed by atoms with Crippen LogP contribution in [-0.4, -0.2) is 29.9 Å². The summed E-state index contributed by atoms with van der Waals surface area (Å²) in [5, 5.41) is 7.01. The van der Waals surface area contributed by atoms with Crippen LogP contribution < -0.4 is 20.5 Å². The number of aromatic nitrogens is 2. The second-order valence-corrected chi connectivity index (χ2v) is 4.62. The maximum atomic E-state index is 12.3. The molecular weight excluding hydrogens is 296 g/mol. The first-order chi connectivity index (χ1) is 9.97. The predicted molar refractivity (Wildman–Crippen MR) is 80.1 cm³/mol. The fourth-order valence-corrected chi connectivity index (χ4v) is 2.10. The lowest BCUT2D eigenvalue weighted by atomic mass is 10.2. The van der Waals surface area contributed by atoms with Crippen LogP contribution in [0.4, 0.5) is 11.4 Å². The number of nitrogen functional groups attached to an aromatic ring is 1. The van der Waals surface area contributed by atoms with Gasteiger partial charge in [0.1, 0.15) is 17.2 Å². The van der Waals surface area contributed by atoms with Crippen molar-refractivity contribution < 1.29 is 14.3 Å². The molecule has 2 aromatic rings. The smallest absolute Gasteiger partial charge is 0.276 e. The molecule has 0 aliphatic rings. The van der Waals surface area contributed by atoms with Crippen molar-refractivity contribution >= 4 is 28.9 Å². The van der Waals surface area contributed by atoms with Crippen LogP contribution in [0.2, 0.25) is 5.02 Å². The van der Waals surface area contributed by atoms with Crippen molar-refractivity contribution in [2.75, 3.05) is 25.3 Å². The molecule has 0 unspecified atom stereocenters. The molecule has 2 rings (SSSR count). The lowest BCUT2D eigenvalue weighted by Crippen LogP contribution is -2.18. The zero-order chi connectivity index (χ0) is 15.6. The van der Waals surface area contributed by atoms with Gasteiger partial charge in [-0.2, -0.15) is 5.10 Å². The van der Waals surface area contributed by atoms with Crippen molar-refractivity contribution in [3.63, 3.8) is 0 Å².